The maximum Gasteiger partial charge on any atom is 0.237 e. The number of fused-ring (bicyclic) bond motifs is 1. The zero-order valence-electron chi connectivity index (χ0n) is 15.8. The fourth-order valence-corrected chi connectivity index (χ4v) is 6.38. The number of rotatable bonds is 4. The first-order valence-corrected chi connectivity index (χ1v) is 10.7. The first-order chi connectivity index (χ1) is 12.6. The molecular weight excluding hydrogens is 326 g/mol. The van der Waals surface area contributed by atoms with Crippen molar-refractivity contribution >= 4 is 5.91 Å². The summed E-state index contributed by atoms with van der Waals surface area (Å²) in [6.07, 6.45) is 12.2. The van der Waals surface area contributed by atoms with E-state index in [0.717, 1.165) is 45.1 Å². The maximum absolute atomic E-state index is 12.4. The average Bonchev–Trinajstić information content (AvgIpc) is 3.33. The number of carbonyl (C=O) groups excluding carboxylic acids is 1. The number of aliphatic hydroxyl groups is 1. The van der Waals surface area contributed by atoms with E-state index in [2.05, 4.69) is 11.4 Å². The molecule has 0 spiro atoms. The van der Waals surface area contributed by atoms with Crippen LogP contribution in [-0.4, -0.2) is 46.7 Å². The molecular formula is C21H33N3O2. The normalized spacial score (nSPS) is 40.5. The summed E-state index contributed by atoms with van der Waals surface area (Å²) < 4.78 is 0. The highest BCUT2D eigenvalue weighted by molar-refractivity contribution is 5.79. The SMILES string of the molecule is N#C[C@@H]1CCCN1C(=O)CNC1CC2CC(O)(C3CCCCC3)CC2C1. The first kappa shape index (κ1) is 18.3. The van der Waals surface area contributed by atoms with Crippen molar-refractivity contribution in [3.63, 3.8) is 0 Å². The molecule has 0 radical (unpaired) electrons. The minimum Gasteiger partial charge on any atom is -0.390 e. The molecule has 3 atom stereocenters. The lowest BCUT2D eigenvalue weighted by Gasteiger charge is -2.36. The number of amides is 1. The van der Waals surface area contributed by atoms with Gasteiger partial charge in [0.15, 0.2) is 0 Å². The Morgan fingerprint density at radius 1 is 1.12 bits per heavy atom. The van der Waals surface area contributed by atoms with Gasteiger partial charge in [-0.2, -0.15) is 5.26 Å². The largest absolute Gasteiger partial charge is 0.390 e. The van der Waals surface area contributed by atoms with E-state index in [4.69, 9.17) is 5.26 Å². The molecule has 2 N–H and O–H groups in total. The van der Waals surface area contributed by atoms with Gasteiger partial charge in [0, 0.05) is 12.6 Å². The van der Waals surface area contributed by atoms with E-state index in [1.807, 2.05) is 0 Å². The minimum absolute atomic E-state index is 0.0739. The van der Waals surface area contributed by atoms with Crippen molar-refractivity contribution in [3.05, 3.63) is 0 Å². The van der Waals surface area contributed by atoms with Gasteiger partial charge in [0.05, 0.1) is 18.2 Å². The monoisotopic (exact) mass is 359 g/mol. The minimum atomic E-state index is -0.411. The number of nitriles is 1. The van der Waals surface area contributed by atoms with E-state index in [9.17, 15) is 9.90 Å². The van der Waals surface area contributed by atoms with Gasteiger partial charge in [-0.25, -0.2) is 0 Å². The predicted molar refractivity (Wildman–Crippen MR) is 99.1 cm³/mol. The maximum atomic E-state index is 12.4. The average molecular weight is 360 g/mol. The van der Waals surface area contributed by atoms with Crippen LogP contribution in [0.15, 0.2) is 0 Å². The second kappa shape index (κ2) is 7.48. The Labute approximate surface area is 157 Å². The first-order valence-electron chi connectivity index (χ1n) is 10.7. The Morgan fingerprint density at radius 3 is 2.46 bits per heavy atom. The summed E-state index contributed by atoms with van der Waals surface area (Å²) in [5.41, 5.74) is -0.411. The summed E-state index contributed by atoms with van der Waals surface area (Å²) in [5.74, 6) is 1.83. The second-order valence-corrected chi connectivity index (χ2v) is 9.29. The van der Waals surface area contributed by atoms with Gasteiger partial charge in [0.2, 0.25) is 5.91 Å². The molecule has 4 fully saturated rings. The molecule has 5 nitrogen and oxygen atoms in total. The van der Waals surface area contributed by atoms with Crippen LogP contribution in [0.4, 0.5) is 0 Å². The number of likely N-dealkylation sites (tertiary alicyclic amines) is 1. The number of hydrogen-bond donors (Lipinski definition) is 2. The molecule has 0 aromatic carbocycles. The molecule has 0 bridgehead atoms. The molecule has 1 amide bonds. The van der Waals surface area contributed by atoms with Gasteiger partial charge in [-0.05, 0) is 69.1 Å². The van der Waals surface area contributed by atoms with Crippen LogP contribution in [0.2, 0.25) is 0 Å². The Balaban J connectivity index is 1.25. The topological polar surface area (TPSA) is 76.4 Å². The van der Waals surface area contributed by atoms with E-state index in [-0.39, 0.29) is 11.9 Å². The van der Waals surface area contributed by atoms with Crippen LogP contribution in [0.1, 0.15) is 70.6 Å². The fraction of sp³-hybridized carbons (Fsp3) is 0.905. The number of hydrogen-bond acceptors (Lipinski definition) is 4. The van der Waals surface area contributed by atoms with Crippen LogP contribution in [0.25, 0.3) is 0 Å². The molecule has 0 aromatic rings. The van der Waals surface area contributed by atoms with Crippen molar-refractivity contribution in [2.75, 3.05) is 13.1 Å². The molecule has 144 valence electrons. The molecule has 1 aliphatic heterocycles. The zero-order chi connectivity index (χ0) is 18.1. The molecule has 26 heavy (non-hydrogen) atoms. The van der Waals surface area contributed by atoms with E-state index in [1.54, 1.807) is 4.90 Å². The molecule has 0 aromatic heterocycles. The number of nitrogens with zero attached hydrogens (tertiary/aromatic N) is 2. The van der Waals surface area contributed by atoms with Gasteiger partial charge < -0.3 is 15.3 Å². The van der Waals surface area contributed by atoms with Gasteiger partial charge >= 0.3 is 0 Å². The standard InChI is InChI=1S/C21H33N3O2/c22-13-19-7-4-8-24(19)20(25)14-23-18-9-15-11-21(26,12-16(15)10-18)17-5-2-1-3-6-17/h15-19,23,26H,1-12,14H2/t15?,16?,18?,19-,21?/m0/s1. The van der Waals surface area contributed by atoms with Crippen LogP contribution in [-0.2, 0) is 4.79 Å². The van der Waals surface area contributed by atoms with Gasteiger partial charge in [0.1, 0.15) is 6.04 Å². The molecule has 4 rings (SSSR count). The van der Waals surface area contributed by atoms with Crippen molar-refractivity contribution in [1.82, 2.24) is 10.2 Å². The zero-order valence-corrected chi connectivity index (χ0v) is 15.8. The van der Waals surface area contributed by atoms with Crippen LogP contribution >= 0.6 is 0 Å². The van der Waals surface area contributed by atoms with Crippen LogP contribution in [0, 0.1) is 29.1 Å². The smallest absolute Gasteiger partial charge is 0.237 e. The third-order valence-electron chi connectivity index (χ3n) is 7.70. The Morgan fingerprint density at radius 2 is 1.81 bits per heavy atom. The summed E-state index contributed by atoms with van der Waals surface area (Å²) in [6.45, 7) is 1.08. The summed E-state index contributed by atoms with van der Waals surface area (Å²) in [6, 6.07) is 2.42. The van der Waals surface area contributed by atoms with Crippen molar-refractivity contribution in [2.24, 2.45) is 17.8 Å². The van der Waals surface area contributed by atoms with Crippen LogP contribution < -0.4 is 5.32 Å². The highest BCUT2D eigenvalue weighted by Gasteiger charge is 2.51. The quantitative estimate of drug-likeness (QED) is 0.809. The third kappa shape index (κ3) is 3.51. The molecule has 1 heterocycles. The predicted octanol–water partition coefficient (Wildman–Crippen LogP) is 2.59. The Kier molecular flexibility index (Phi) is 5.25. The van der Waals surface area contributed by atoms with Gasteiger partial charge in [-0.3, -0.25) is 4.79 Å². The van der Waals surface area contributed by atoms with E-state index in [0.29, 0.717) is 30.3 Å². The molecule has 3 aliphatic carbocycles. The molecule has 4 aliphatic rings. The van der Waals surface area contributed by atoms with Crippen molar-refractivity contribution in [3.8, 4) is 6.07 Å². The van der Waals surface area contributed by atoms with Crippen molar-refractivity contribution < 1.29 is 9.90 Å². The summed E-state index contributed by atoms with van der Waals surface area (Å²) in [5, 5.41) is 23.8. The summed E-state index contributed by atoms with van der Waals surface area (Å²) >= 11 is 0. The van der Waals surface area contributed by atoms with Crippen molar-refractivity contribution in [1.29, 1.82) is 5.26 Å². The third-order valence-corrected chi connectivity index (χ3v) is 7.70. The lowest BCUT2D eigenvalue weighted by Crippen LogP contribution is -2.43. The second-order valence-electron chi connectivity index (χ2n) is 9.29. The number of carbonyl (C=O) groups is 1. The van der Waals surface area contributed by atoms with Gasteiger partial charge in [-0.1, -0.05) is 19.3 Å². The van der Waals surface area contributed by atoms with E-state index >= 15 is 0 Å². The van der Waals surface area contributed by atoms with E-state index < -0.39 is 5.60 Å². The molecule has 1 saturated heterocycles. The van der Waals surface area contributed by atoms with Gasteiger partial charge in [0.25, 0.3) is 0 Å². The molecule has 5 heteroatoms. The molecule has 3 saturated carbocycles. The molecule has 2 unspecified atom stereocenters. The van der Waals surface area contributed by atoms with Crippen LogP contribution in [0.3, 0.4) is 0 Å². The summed E-state index contributed by atoms with van der Waals surface area (Å²) in [7, 11) is 0. The number of nitrogens with one attached hydrogen (secondary N) is 1. The van der Waals surface area contributed by atoms with Gasteiger partial charge in [-0.15, -0.1) is 0 Å². The lowest BCUT2D eigenvalue weighted by molar-refractivity contribution is -0.130. The van der Waals surface area contributed by atoms with Crippen LogP contribution in [0.5, 0.6) is 0 Å². The Hall–Kier alpha value is -1.12. The highest BCUT2D eigenvalue weighted by atomic mass is 16.3. The van der Waals surface area contributed by atoms with E-state index in [1.165, 1.54) is 32.1 Å². The Bertz CT molecular complexity index is 552. The summed E-state index contributed by atoms with van der Waals surface area (Å²) in [4.78, 5) is 14.1. The van der Waals surface area contributed by atoms with Crippen molar-refractivity contribution in [2.45, 2.75) is 88.3 Å². The lowest BCUT2D eigenvalue weighted by atomic mass is 9.75. The highest BCUT2D eigenvalue weighted by Crippen LogP contribution is 2.53. The fourth-order valence-electron chi connectivity index (χ4n) is 6.38.